The van der Waals surface area contributed by atoms with Gasteiger partial charge in [-0.15, -0.1) is 0 Å². The molecule has 0 fully saturated rings. The van der Waals surface area contributed by atoms with Gasteiger partial charge in [0.05, 0.1) is 29.0 Å². The highest BCUT2D eigenvalue weighted by molar-refractivity contribution is 5.95. The van der Waals surface area contributed by atoms with Gasteiger partial charge in [0.2, 0.25) is 0 Å². The van der Waals surface area contributed by atoms with Crippen molar-refractivity contribution in [3.63, 3.8) is 0 Å². The first kappa shape index (κ1) is 20.2. The Hall–Kier alpha value is -3.15. The van der Waals surface area contributed by atoms with E-state index in [1.807, 2.05) is 0 Å². The molecular weight excluding hydrogens is 368 g/mol. The second-order valence-electron chi connectivity index (χ2n) is 5.38. The topological polar surface area (TPSA) is 72.2 Å². The number of ether oxygens (including phenoxy) is 2. The van der Waals surface area contributed by atoms with Crippen LogP contribution in [0, 0.1) is 24.1 Å². The molecule has 0 bridgehead atoms. The van der Waals surface area contributed by atoms with Crippen molar-refractivity contribution in [2.45, 2.75) is 20.0 Å². The summed E-state index contributed by atoms with van der Waals surface area (Å²) in [5.74, 6) is -2.22. The Morgan fingerprint density at radius 2 is 2.04 bits per heavy atom. The maximum Gasteiger partial charge on any atom is 0.422 e. The number of carbonyl (C=O) groups is 1. The fraction of sp³-hybridized carbons (Fsp3) is 0.278. The van der Waals surface area contributed by atoms with Crippen LogP contribution in [-0.2, 0) is 4.74 Å². The maximum atomic E-state index is 14.5. The second-order valence-corrected chi connectivity index (χ2v) is 5.38. The molecule has 1 aromatic carbocycles. The third-order valence-electron chi connectivity index (χ3n) is 3.36. The van der Waals surface area contributed by atoms with Crippen molar-refractivity contribution in [3.05, 3.63) is 46.9 Å². The van der Waals surface area contributed by atoms with Gasteiger partial charge in [-0.25, -0.2) is 9.18 Å². The fourth-order valence-corrected chi connectivity index (χ4v) is 2.35. The van der Waals surface area contributed by atoms with E-state index in [2.05, 4.69) is 4.98 Å². The molecule has 27 heavy (non-hydrogen) atoms. The summed E-state index contributed by atoms with van der Waals surface area (Å²) in [6.45, 7) is 1.45. The predicted octanol–water partition coefficient (Wildman–Crippen LogP) is 4.19. The number of benzene rings is 1. The highest BCUT2D eigenvalue weighted by atomic mass is 19.4. The van der Waals surface area contributed by atoms with Gasteiger partial charge in [0.15, 0.2) is 6.61 Å². The van der Waals surface area contributed by atoms with Crippen molar-refractivity contribution in [3.8, 4) is 23.1 Å². The number of halogens is 4. The third kappa shape index (κ3) is 4.73. The summed E-state index contributed by atoms with van der Waals surface area (Å²) in [5, 5.41) is 9.47. The number of hydrogen-bond acceptors (Lipinski definition) is 5. The standard InChI is InChI=1S/C18H14F4N2O3/c1-3-26-17(25)11-7-10(2)24-16(12(11)8-23)15-13(19)5-4-6-14(15)27-9-18(20,21)22/h4-7H,3,9H2,1-2H3. The predicted molar refractivity (Wildman–Crippen MR) is 86.6 cm³/mol. The Morgan fingerprint density at radius 3 is 2.63 bits per heavy atom. The lowest BCUT2D eigenvalue weighted by Crippen LogP contribution is -2.19. The molecule has 0 saturated carbocycles. The summed E-state index contributed by atoms with van der Waals surface area (Å²) in [6, 6.07) is 6.32. The van der Waals surface area contributed by atoms with E-state index >= 15 is 0 Å². The van der Waals surface area contributed by atoms with Gasteiger partial charge in [-0.1, -0.05) is 6.07 Å². The summed E-state index contributed by atoms with van der Waals surface area (Å²) in [7, 11) is 0. The molecule has 1 aromatic heterocycles. The minimum Gasteiger partial charge on any atom is -0.483 e. The zero-order chi connectivity index (χ0) is 20.2. The van der Waals surface area contributed by atoms with Gasteiger partial charge in [0.25, 0.3) is 0 Å². The molecule has 142 valence electrons. The molecule has 0 atom stereocenters. The number of aromatic nitrogens is 1. The van der Waals surface area contributed by atoms with Gasteiger partial charge in [-0.2, -0.15) is 18.4 Å². The minimum atomic E-state index is -4.64. The second kappa shape index (κ2) is 8.03. The van der Waals surface area contributed by atoms with E-state index in [0.29, 0.717) is 0 Å². The van der Waals surface area contributed by atoms with Crippen LogP contribution < -0.4 is 4.74 Å². The van der Waals surface area contributed by atoms with Crippen LogP contribution in [0.4, 0.5) is 17.6 Å². The minimum absolute atomic E-state index is 0.0417. The number of nitriles is 1. The van der Waals surface area contributed by atoms with Crippen LogP contribution in [0.2, 0.25) is 0 Å². The monoisotopic (exact) mass is 382 g/mol. The number of aryl methyl sites for hydroxylation is 1. The lowest BCUT2D eigenvalue weighted by molar-refractivity contribution is -0.153. The quantitative estimate of drug-likeness (QED) is 0.573. The number of nitrogens with zero attached hydrogens (tertiary/aromatic N) is 2. The van der Waals surface area contributed by atoms with Crippen molar-refractivity contribution in [2.75, 3.05) is 13.2 Å². The maximum absolute atomic E-state index is 14.5. The van der Waals surface area contributed by atoms with Gasteiger partial charge in [0.1, 0.15) is 17.6 Å². The average molecular weight is 382 g/mol. The highest BCUT2D eigenvalue weighted by Crippen LogP contribution is 2.35. The van der Waals surface area contributed by atoms with Gasteiger partial charge >= 0.3 is 12.1 Å². The molecule has 0 radical (unpaired) electrons. The Morgan fingerprint density at radius 1 is 1.33 bits per heavy atom. The van der Waals surface area contributed by atoms with Crippen molar-refractivity contribution >= 4 is 5.97 Å². The molecule has 0 saturated heterocycles. The van der Waals surface area contributed by atoms with E-state index in [0.717, 1.165) is 12.1 Å². The molecule has 0 aliphatic rings. The summed E-state index contributed by atoms with van der Waals surface area (Å²) >= 11 is 0. The SMILES string of the molecule is CCOC(=O)c1cc(C)nc(-c2c(F)cccc2OCC(F)(F)F)c1C#N. The molecule has 0 amide bonds. The number of carbonyl (C=O) groups excluding carboxylic acids is 1. The van der Waals surface area contributed by atoms with Crippen molar-refractivity contribution < 1.29 is 31.8 Å². The summed E-state index contributed by atoms with van der Waals surface area (Å²) in [4.78, 5) is 16.2. The third-order valence-corrected chi connectivity index (χ3v) is 3.36. The van der Waals surface area contributed by atoms with Crippen LogP contribution >= 0.6 is 0 Å². The van der Waals surface area contributed by atoms with E-state index in [9.17, 15) is 27.6 Å². The van der Waals surface area contributed by atoms with Gasteiger partial charge < -0.3 is 9.47 Å². The molecule has 9 heteroatoms. The molecule has 0 aliphatic carbocycles. The van der Waals surface area contributed by atoms with Crippen molar-refractivity contribution in [2.24, 2.45) is 0 Å². The molecule has 0 unspecified atom stereocenters. The number of esters is 1. The Labute approximate surface area is 152 Å². The zero-order valence-corrected chi connectivity index (χ0v) is 14.4. The van der Waals surface area contributed by atoms with Gasteiger partial charge in [0, 0.05) is 5.69 Å². The Balaban J connectivity index is 2.68. The van der Waals surface area contributed by atoms with Gasteiger partial charge in [-0.3, -0.25) is 4.98 Å². The lowest BCUT2D eigenvalue weighted by atomic mass is 9.99. The zero-order valence-electron chi connectivity index (χ0n) is 14.4. The lowest BCUT2D eigenvalue weighted by Gasteiger charge is -2.16. The van der Waals surface area contributed by atoms with E-state index in [1.165, 1.54) is 19.1 Å². The van der Waals surface area contributed by atoms with Crippen LogP contribution in [0.5, 0.6) is 5.75 Å². The van der Waals surface area contributed by atoms with Crippen LogP contribution in [-0.4, -0.2) is 30.3 Å². The van der Waals surface area contributed by atoms with Crippen molar-refractivity contribution in [1.29, 1.82) is 5.26 Å². The molecule has 2 rings (SSSR count). The number of hydrogen-bond donors (Lipinski definition) is 0. The van der Waals surface area contributed by atoms with Crippen molar-refractivity contribution in [1.82, 2.24) is 4.98 Å². The first-order valence-corrected chi connectivity index (χ1v) is 7.75. The molecule has 1 heterocycles. The largest absolute Gasteiger partial charge is 0.483 e. The molecular formula is C18H14F4N2O3. The molecule has 0 N–H and O–H groups in total. The van der Waals surface area contributed by atoms with E-state index in [4.69, 9.17) is 9.47 Å². The summed E-state index contributed by atoms with van der Waals surface area (Å²) in [6.07, 6.45) is -4.64. The van der Waals surface area contributed by atoms with Crippen LogP contribution in [0.3, 0.4) is 0 Å². The number of rotatable bonds is 5. The average Bonchev–Trinajstić information content (AvgIpc) is 2.58. The highest BCUT2D eigenvalue weighted by Gasteiger charge is 2.30. The normalized spacial score (nSPS) is 11.0. The number of pyridine rings is 1. The first-order chi connectivity index (χ1) is 12.7. The first-order valence-electron chi connectivity index (χ1n) is 7.75. The fourth-order valence-electron chi connectivity index (χ4n) is 2.35. The van der Waals surface area contributed by atoms with Crippen LogP contribution in [0.25, 0.3) is 11.3 Å². The molecule has 0 spiro atoms. The Bertz CT molecular complexity index is 905. The summed E-state index contributed by atoms with van der Waals surface area (Å²) < 4.78 is 61.5. The van der Waals surface area contributed by atoms with Crippen LogP contribution in [0.1, 0.15) is 28.5 Å². The smallest absolute Gasteiger partial charge is 0.422 e. The van der Waals surface area contributed by atoms with E-state index < -0.39 is 35.9 Å². The van der Waals surface area contributed by atoms with E-state index in [1.54, 1.807) is 13.0 Å². The Kier molecular flexibility index (Phi) is 6.00. The number of alkyl halides is 3. The molecule has 0 aliphatic heterocycles. The van der Waals surface area contributed by atoms with Gasteiger partial charge in [-0.05, 0) is 32.0 Å². The summed E-state index contributed by atoms with van der Waals surface area (Å²) in [5.41, 5.74) is -0.965. The molecule has 2 aromatic rings. The van der Waals surface area contributed by atoms with E-state index in [-0.39, 0.29) is 29.1 Å². The van der Waals surface area contributed by atoms with Crippen LogP contribution in [0.15, 0.2) is 24.3 Å². The molecule has 5 nitrogen and oxygen atoms in total.